The van der Waals surface area contributed by atoms with Gasteiger partial charge in [-0.3, -0.25) is 4.79 Å². The fourth-order valence-corrected chi connectivity index (χ4v) is 4.13. The summed E-state index contributed by atoms with van der Waals surface area (Å²) in [6.45, 7) is 6.04. The van der Waals surface area contributed by atoms with Gasteiger partial charge in [-0.15, -0.1) is 0 Å². The molecule has 2 saturated heterocycles. The molecule has 4 rings (SSSR count). The van der Waals surface area contributed by atoms with Crippen molar-refractivity contribution in [1.82, 2.24) is 19.6 Å². The van der Waals surface area contributed by atoms with Gasteiger partial charge in [-0.2, -0.15) is 0 Å². The lowest BCUT2D eigenvalue weighted by Crippen LogP contribution is -2.43. The van der Waals surface area contributed by atoms with Crippen molar-refractivity contribution in [2.24, 2.45) is 5.41 Å². The largest absolute Gasteiger partial charge is 0.342 e. The van der Waals surface area contributed by atoms with Crippen LogP contribution in [0.25, 0.3) is 5.65 Å². The van der Waals surface area contributed by atoms with Crippen molar-refractivity contribution in [2.75, 3.05) is 26.2 Å². The monoisotopic (exact) mass is 312 g/mol. The molecule has 0 bridgehead atoms. The van der Waals surface area contributed by atoms with Crippen LogP contribution in [0.4, 0.5) is 0 Å². The van der Waals surface area contributed by atoms with Crippen molar-refractivity contribution in [1.29, 1.82) is 0 Å². The quantitative estimate of drug-likeness (QED) is 0.920. The van der Waals surface area contributed by atoms with Crippen LogP contribution in [0.15, 0.2) is 24.5 Å². The molecule has 1 atom stereocenters. The number of carbonyl (C=O) groups is 1. The minimum Gasteiger partial charge on any atom is -0.342 e. The van der Waals surface area contributed by atoms with Crippen LogP contribution < -0.4 is 5.32 Å². The Bertz CT molecular complexity index is 730. The van der Waals surface area contributed by atoms with Gasteiger partial charge in [0.15, 0.2) is 0 Å². The summed E-state index contributed by atoms with van der Waals surface area (Å²) >= 11 is 0. The molecule has 0 aliphatic carbocycles. The van der Waals surface area contributed by atoms with Crippen molar-refractivity contribution in [2.45, 2.75) is 32.6 Å². The van der Waals surface area contributed by atoms with E-state index in [9.17, 15) is 4.79 Å². The third kappa shape index (κ3) is 2.63. The molecule has 2 aromatic heterocycles. The van der Waals surface area contributed by atoms with Crippen LogP contribution in [0.3, 0.4) is 0 Å². The molecule has 23 heavy (non-hydrogen) atoms. The first kappa shape index (κ1) is 14.7. The van der Waals surface area contributed by atoms with E-state index in [1.807, 2.05) is 35.9 Å². The molecule has 122 valence electrons. The van der Waals surface area contributed by atoms with E-state index in [0.717, 1.165) is 49.5 Å². The number of rotatable bonds is 2. The summed E-state index contributed by atoms with van der Waals surface area (Å²) in [6.07, 6.45) is 7.89. The van der Waals surface area contributed by atoms with Crippen LogP contribution in [0.1, 0.15) is 30.5 Å². The lowest BCUT2D eigenvalue weighted by molar-refractivity contribution is -0.130. The number of aryl methyl sites for hydroxylation is 1. The first-order valence-electron chi connectivity index (χ1n) is 8.57. The molecule has 0 radical (unpaired) electrons. The Kier molecular flexibility index (Phi) is 3.60. The Balaban J connectivity index is 1.48. The highest BCUT2D eigenvalue weighted by Crippen LogP contribution is 2.36. The summed E-state index contributed by atoms with van der Waals surface area (Å²) < 4.78 is 2.04. The van der Waals surface area contributed by atoms with E-state index >= 15 is 0 Å². The lowest BCUT2D eigenvalue weighted by Gasteiger charge is -2.33. The van der Waals surface area contributed by atoms with Crippen LogP contribution in [-0.2, 0) is 11.2 Å². The number of pyridine rings is 1. The highest BCUT2D eigenvalue weighted by molar-refractivity contribution is 5.79. The van der Waals surface area contributed by atoms with E-state index in [4.69, 9.17) is 0 Å². The Hall–Kier alpha value is -1.88. The van der Waals surface area contributed by atoms with E-state index in [1.54, 1.807) is 0 Å². The molecule has 1 amide bonds. The number of aromatic nitrogens is 2. The highest BCUT2D eigenvalue weighted by atomic mass is 16.2. The SMILES string of the molecule is Cc1cccn2c(CC(=O)N3CCC4(CCCNC4)C3)cnc12. The van der Waals surface area contributed by atoms with Gasteiger partial charge < -0.3 is 14.6 Å². The maximum Gasteiger partial charge on any atom is 0.228 e. The number of imidazole rings is 1. The summed E-state index contributed by atoms with van der Waals surface area (Å²) in [6, 6.07) is 4.06. The minimum atomic E-state index is 0.232. The molecule has 0 aromatic carbocycles. The van der Waals surface area contributed by atoms with Gasteiger partial charge in [-0.05, 0) is 44.4 Å². The van der Waals surface area contributed by atoms with Crippen molar-refractivity contribution in [3.8, 4) is 0 Å². The molecule has 1 spiro atoms. The average molecular weight is 312 g/mol. The lowest BCUT2D eigenvalue weighted by atomic mass is 9.80. The molecule has 1 unspecified atom stereocenters. The number of likely N-dealkylation sites (tertiary alicyclic amines) is 1. The normalized spacial score (nSPS) is 24.7. The number of piperidine rings is 1. The molecule has 5 nitrogen and oxygen atoms in total. The molecule has 0 saturated carbocycles. The second-order valence-corrected chi connectivity index (χ2v) is 7.16. The van der Waals surface area contributed by atoms with Crippen LogP contribution in [0.5, 0.6) is 0 Å². The number of amides is 1. The first-order chi connectivity index (χ1) is 11.2. The highest BCUT2D eigenvalue weighted by Gasteiger charge is 2.40. The van der Waals surface area contributed by atoms with Gasteiger partial charge in [-0.25, -0.2) is 4.98 Å². The van der Waals surface area contributed by atoms with Crippen molar-refractivity contribution < 1.29 is 4.79 Å². The molecule has 2 aliphatic heterocycles. The standard InChI is InChI=1S/C18H24N4O/c1-14-4-2-8-22-15(11-20-17(14)22)10-16(23)21-9-6-18(13-21)5-3-7-19-12-18/h2,4,8,11,19H,3,5-7,9-10,12-13H2,1H3. The number of carbonyl (C=O) groups excluding carboxylic acids is 1. The molecule has 1 N–H and O–H groups in total. The van der Waals surface area contributed by atoms with Crippen LogP contribution in [-0.4, -0.2) is 46.4 Å². The smallest absolute Gasteiger partial charge is 0.228 e. The summed E-state index contributed by atoms with van der Waals surface area (Å²) in [4.78, 5) is 19.3. The van der Waals surface area contributed by atoms with Crippen LogP contribution in [0, 0.1) is 12.3 Å². The topological polar surface area (TPSA) is 49.6 Å². The van der Waals surface area contributed by atoms with Gasteiger partial charge in [0.2, 0.25) is 5.91 Å². The third-order valence-corrected chi connectivity index (χ3v) is 5.49. The second kappa shape index (κ2) is 5.64. The van der Waals surface area contributed by atoms with Gasteiger partial charge >= 0.3 is 0 Å². The summed E-state index contributed by atoms with van der Waals surface area (Å²) in [5, 5.41) is 3.50. The molecule has 2 aromatic rings. The predicted octanol–water partition coefficient (Wildman–Crippen LogP) is 1.79. The van der Waals surface area contributed by atoms with Crippen LogP contribution >= 0.6 is 0 Å². The first-order valence-corrected chi connectivity index (χ1v) is 8.57. The van der Waals surface area contributed by atoms with Crippen molar-refractivity contribution in [3.63, 3.8) is 0 Å². The summed E-state index contributed by atoms with van der Waals surface area (Å²) in [5.74, 6) is 0.232. The van der Waals surface area contributed by atoms with E-state index in [2.05, 4.69) is 15.2 Å². The summed E-state index contributed by atoms with van der Waals surface area (Å²) in [7, 11) is 0. The Morgan fingerprint density at radius 1 is 1.43 bits per heavy atom. The Labute approximate surface area is 136 Å². The molecule has 2 aliphatic rings. The number of hydrogen-bond donors (Lipinski definition) is 1. The van der Waals surface area contributed by atoms with E-state index < -0.39 is 0 Å². The molecule has 2 fully saturated rings. The van der Waals surface area contributed by atoms with E-state index in [1.165, 1.54) is 12.8 Å². The second-order valence-electron chi connectivity index (χ2n) is 7.16. The van der Waals surface area contributed by atoms with Gasteiger partial charge in [0.1, 0.15) is 5.65 Å². The maximum absolute atomic E-state index is 12.7. The van der Waals surface area contributed by atoms with Crippen molar-refractivity contribution in [3.05, 3.63) is 35.8 Å². The minimum absolute atomic E-state index is 0.232. The van der Waals surface area contributed by atoms with Gasteiger partial charge in [0.25, 0.3) is 0 Å². The molecule has 4 heterocycles. The number of nitrogens with one attached hydrogen (secondary N) is 1. The average Bonchev–Trinajstić information content (AvgIpc) is 3.15. The maximum atomic E-state index is 12.7. The Morgan fingerprint density at radius 2 is 2.35 bits per heavy atom. The number of fused-ring (bicyclic) bond motifs is 1. The zero-order valence-corrected chi connectivity index (χ0v) is 13.7. The van der Waals surface area contributed by atoms with Gasteiger partial charge in [0.05, 0.1) is 12.1 Å². The third-order valence-electron chi connectivity index (χ3n) is 5.49. The zero-order chi connectivity index (χ0) is 15.9. The molecular weight excluding hydrogens is 288 g/mol. The van der Waals surface area contributed by atoms with E-state index in [-0.39, 0.29) is 5.91 Å². The van der Waals surface area contributed by atoms with E-state index in [0.29, 0.717) is 11.8 Å². The van der Waals surface area contributed by atoms with Crippen molar-refractivity contribution >= 4 is 11.6 Å². The number of hydrogen-bond acceptors (Lipinski definition) is 3. The van der Waals surface area contributed by atoms with Gasteiger partial charge in [0, 0.05) is 37.4 Å². The van der Waals surface area contributed by atoms with Crippen LogP contribution in [0.2, 0.25) is 0 Å². The van der Waals surface area contributed by atoms with Gasteiger partial charge in [-0.1, -0.05) is 6.07 Å². The predicted molar refractivity (Wildman–Crippen MR) is 89.4 cm³/mol. The number of nitrogens with zero attached hydrogens (tertiary/aromatic N) is 3. The Morgan fingerprint density at radius 3 is 3.17 bits per heavy atom. The summed E-state index contributed by atoms with van der Waals surface area (Å²) in [5.41, 5.74) is 3.39. The zero-order valence-electron chi connectivity index (χ0n) is 13.7. The molecular formula is C18H24N4O. The fraction of sp³-hybridized carbons (Fsp3) is 0.556. The molecule has 5 heteroatoms. The fourth-order valence-electron chi connectivity index (χ4n) is 4.13.